The predicted octanol–water partition coefficient (Wildman–Crippen LogP) is 3.72. The van der Waals surface area contributed by atoms with E-state index in [-0.39, 0.29) is 0 Å². The second kappa shape index (κ2) is 4.67. The smallest absolute Gasteiger partial charge is 0.144 e. The zero-order chi connectivity index (χ0) is 13.4. The molecule has 0 radical (unpaired) electrons. The van der Waals surface area contributed by atoms with Gasteiger partial charge in [-0.15, -0.1) is 0 Å². The number of hydrogen-bond donors (Lipinski definition) is 1. The summed E-state index contributed by atoms with van der Waals surface area (Å²) in [6.07, 6.45) is 0.834. The first-order valence-electron chi connectivity index (χ1n) is 6.20. The van der Waals surface area contributed by atoms with Gasteiger partial charge >= 0.3 is 0 Å². The highest BCUT2D eigenvalue weighted by Crippen LogP contribution is 2.40. The van der Waals surface area contributed by atoms with E-state index in [1.807, 2.05) is 25.1 Å². The van der Waals surface area contributed by atoms with Crippen LogP contribution in [-0.4, -0.2) is 11.5 Å². The number of benzene rings is 1. The quantitative estimate of drug-likeness (QED) is 0.784. The van der Waals surface area contributed by atoms with E-state index >= 15 is 0 Å². The molecule has 0 amide bonds. The van der Waals surface area contributed by atoms with E-state index in [9.17, 15) is 5.26 Å². The van der Waals surface area contributed by atoms with Crippen LogP contribution in [0, 0.1) is 11.3 Å². The third-order valence-corrected chi connectivity index (χ3v) is 4.05. The molecule has 0 atom stereocenters. The van der Waals surface area contributed by atoms with Crippen LogP contribution in [0.25, 0.3) is 11.3 Å². The minimum Gasteiger partial charge on any atom is -0.369 e. The Hall–Kier alpha value is -1.86. The molecule has 3 nitrogen and oxygen atoms in total. The van der Waals surface area contributed by atoms with Gasteiger partial charge in [-0.1, -0.05) is 28.1 Å². The molecule has 0 unspecified atom stereocenters. The number of nitriles is 1. The summed E-state index contributed by atoms with van der Waals surface area (Å²) in [5.74, 6) is 0.677. The first-order chi connectivity index (χ1) is 9.24. The fourth-order valence-corrected chi connectivity index (χ4v) is 2.97. The molecule has 1 aliphatic carbocycles. The summed E-state index contributed by atoms with van der Waals surface area (Å²) >= 11 is 3.58. The van der Waals surface area contributed by atoms with E-state index in [2.05, 4.69) is 38.4 Å². The number of fused-ring (bicyclic) bond motifs is 3. The van der Waals surface area contributed by atoms with E-state index in [1.54, 1.807) is 0 Å². The zero-order valence-electron chi connectivity index (χ0n) is 10.5. The molecule has 3 rings (SSSR count). The molecule has 94 valence electrons. The zero-order valence-corrected chi connectivity index (χ0v) is 12.1. The molecule has 1 heterocycles. The normalized spacial score (nSPS) is 11.6. The van der Waals surface area contributed by atoms with Gasteiger partial charge in [-0.25, -0.2) is 4.98 Å². The van der Waals surface area contributed by atoms with Gasteiger partial charge in [0.2, 0.25) is 0 Å². The summed E-state index contributed by atoms with van der Waals surface area (Å²) in [6, 6.07) is 10.3. The number of nitrogens with one attached hydrogen (secondary N) is 1. The number of hydrogen-bond acceptors (Lipinski definition) is 3. The lowest BCUT2D eigenvalue weighted by Crippen LogP contribution is -2.03. The fraction of sp³-hybridized carbons (Fsp3) is 0.200. The van der Waals surface area contributed by atoms with Gasteiger partial charge in [-0.05, 0) is 30.2 Å². The standard InChI is InChI=1S/C15H12BrN3/c1-2-18-15-10(8-17)6-9-7-12-11(14(9)19-15)4-3-5-13(12)16/h3-6H,2,7H2,1H3,(H,18,19). The van der Waals surface area contributed by atoms with Crippen molar-refractivity contribution in [2.45, 2.75) is 13.3 Å². The van der Waals surface area contributed by atoms with Crippen molar-refractivity contribution in [2.24, 2.45) is 0 Å². The number of halogens is 1. The molecule has 0 fully saturated rings. The van der Waals surface area contributed by atoms with Crippen LogP contribution in [0.4, 0.5) is 5.82 Å². The van der Waals surface area contributed by atoms with Crippen molar-refractivity contribution in [1.29, 1.82) is 5.26 Å². The van der Waals surface area contributed by atoms with Crippen molar-refractivity contribution in [3.05, 3.63) is 45.4 Å². The van der Waals surface area contributed by atoms with Crippen LogP contribution >= 0.6 is 15.9 Å². The van der Waals surface area contributed by atoms with Crippen LogP contribution in [0.15, 0.2) is 28.7 Å². The molecule has 0 saturated heterocycles. The molecule has 2 aromatic rings. The van der Waals surface area contributed by atoms with Gasteiger partial charge in [0.05, 0.1) is 11.3 Å². The maximum atomic E-state index is 9.21. The monoisotopic (exact) mass is 313 g/mol. The molecule has 0 aliphatic heterocycles. The molecule has 19 heavy (non-hydrogen) atoms. The van der Waals surface area contributed by atoms with Crippen molar-refractivity contribution in [1.82, 2.24) is 4.98 Å². The van der Waals surface area contributed by atoms with Gasteiger partial charge in [0, 0.05) is 23.0 Å². The lowest BCUT2D eigenvalue weighted by molar-refractivity contribution is 1.14. The van der Waals surface area contributed by atoms with Gasteiger partial charge in [-0.3, -0.25) is 0 Å². The van der Waals surface area contributed by atoms with E-state index in [0.29, 0.717) is 11.4 Å². The minimum absolute atomic E-state index is 0.615. The summed E-state index contributed by atoms with van der Waals surface area (Å²) < 4.78 is 1.10. The minimum atomic E-state index is 0.615. The van der Waals surface area contributed by atoms with Gasteiger partial charge in [-0.2, -0.15) is 5.26 Å². The van der Waals surface area contributed by atoms with Crippen molar-refractivity contribution in [3.63, 3.8) is 0 Å². The number of rotatable bonds is 2. The van der Waals surface area contributed by atoms with Crippen molar-refractivity contribution < 1.29 is 0 Å². The van der Waals surface area contributed by atoms with Crippen molar-refractivity contribution in [3.8, 4) is 17.3 Å². The number of anilines is 1. The summed E-state index contributed by atoms with van der Waals surface area (Å²) in [5.41, 5.74) is 5.14. The summed E-state index contributed by atoms with van der Waals surface area (Å²) in [6.45, 7) is 2.76. The Morgan fingerprint density at radius 1 is 1.47 bits per heavy atom. The first kappa shape index (κ1) is 12.2. The molecule has 4 heteroatoms. The van der Waals surface area contributed by atoms with Crippen LogP contribution in [-0.2, 0) is 6.42 Å². The Kier molecular flexibility index (Phi) is 3.00. The maximum absolute atomic E-state index is 9.21. The van der Waals surface area contributed by atoms with E-state index in [0.717, 1.165) is 34.3 Å². The van der Waals surface area contributed by atoms with E-state index in [1.165, 1.54) is 5.56 Å². The summed E-state index contributed by atoms with van der Waals surface area (Å²) in [4.78, 5) is 4.64. The average Bonchev–Trinajstić information content (AvgIpc) is 2.78. The highest BCUT2D eigenvalue weighted by molar-refractivity contribution is 9.10. The molecular formula is C15H12BrN3. The molecule has 1 aliphatic rings. The van der Waals surface area contributed by atoms with Crippen LogP contribution in [0.3, 0.4) is 0 Å². The van der Waals surface area contributed by atoms with Crippen molar-refractivity contribution in [2.75, 3.05) is 11.9 Å². The largest absolute Gasteiger partial charge is 0.369 e. The third kappa shape index (κ3) is 1.91. The molecule has 0 bridgehead atoms. The second-order valence-corrected chi connectivity index (χ2v) is 5.33. The molecule has 1 aromatic carbocycles. The Labute approximate surface area is 120 Å². The molecule has 1 N–H and O–H groups in total. The van der Waals surface area contributed by atoms with Gasteiger partial charge in [0.1, 0.15) is 11.9 Å². The molecule has 0 spiro atoms. The van der Waals surface area contributed by atoms with Crippen LogP contribution in [0.5, 0.6) is 0 Å². The fourth-order valence-electron chi connectivity index (χ4n) is 2.46. The average molecular weight is 314 g/mol. The Bertz CT molecular complexity index is 701. The van der Waals surface area contributed by atoms with Crippen LogP contribution in [0.1, 0.15) is 23.6 Å². The Morgan fingerprint density at radius 3 is 3.05 bits per heavy atom. The highest BCUT2D eigenvalue weighted by Gasteiger charge is 2.23. The topological polar surface area (TPSA) is 48.7 Å². The lowest BCUT2D eigenvalue weighted by Gasteiger charge is -2.08. The molecule has 1 aromatic heterocycles. The third-order valence-electron chi connectivity index (χ3n) is 3.31. The maximum Gasteiger partial charge on any atom is 0.144 e. The highest BCUT2D eigenvalue weighted by atomic mass is 79.9. The predicted molar refractivity (Wildman–Crippen MR) is 79.1 cm³/mol. The Morgan fingerprint density at radius 2 is 2.32 bits per heavy atom. The van der Waals surface area contributed by atoms with Gasteiger partial charge in [0.15, 0.2) is 0 Å². The molecule has 0 saturated carbocycles. The van der Waals surface area contributed by atoms with Gasteiger partial charge in [0.25, 0.3) is 0 Å². The first-order valence-corrected chi connectivity index (χ1v) is 6.99. The van der Waals surface area contributed by atoms with Crippen LogP contribution < -0.4 is 5.32 Å². The van der Waals surface area contributed by atoms with Crippen LogP contribution in [0.2, 0.25) is 0 Å². The Balaban J connectivity index is 2.20. The van der Waals surface area contributed by atoms with E-state index in [4.69, 9.17) is 0 Å². The van der Waals surface area contributed by atoms with Gasteiger partial charge < -0.3 is 5.32 Å². The number of aromatic nitrogens is 1. The number of nitrogens with zero attached hydrogens (tertiary/aromatic N) is 2. The van der Waals surface area contributed by atoms with Crippen molar-refractivity contribution >= 4 is 21.7 Å². The molecular weight excluding hydrogens is 302 g/mol. The summed E-state index contributed by atoms with van der Waals surface area (Å²) in [5, 5.41) is 12.4. The second-order valence-electron chi connectivity index (χ2n) is 4.48. The SMILES string of the molecule is CCNc1nc2c(cc1C#N)Cc1c(Br)cccc1-2. The lowest BCUT2D eigenvalue weighted by atomic mass is 10.1. The summed E-state index contributed by atoms with van der Waals surface area (Å²) in [7, 11) is 0. The number of pyridine rings is 1. The van der Waals surface area contributed by atoms with E-state index < -0.39 is 0 Å².